The van der Waals surface area contributed by atoms with Crippen molar-refractivity contribution >= 4 is 15.5 Å². The van der Waals surface area contributed by atoms with Gasteiger partial charge in [0, 0.05) is 18.5 Å². The highest BCUT2D eigenvalue weighted by Gasteiger charge is 2.12. The van der Waals surface area contributed by atoms with Gasteiger partial charge in [-0.15, -0.1) is 0 Å². The van der Waals surface area contributed by atoms with E-state index in [1.54, 1.807) is 0 Å². The van der Waals surface area contributed by atoms with E-state index in [1.807, 2.05) is 0 Å². The van der Waals surface area contributed by atoms with Crippen LogP contribution in [0.15, 0.2) is 35.5 Å². The Kier molecular flexibility index (Phi) is 2.62. The Bertz CT molecular complexity index is 664. The second-order valence-electron chi connectivity index (χ2n) is 3.60. The third-order valence-corrected chi connectivity index (χ3v) is 3.29. The van der Waals surface area contributed by atoms with Crippen molar-refractivity contribution < 1.29 is 12.8 Å². The van der Waals surface area contributed by atoms with Gasteiger partial charge in [0.05, 0.1) is 17.6 Å². The predicted octanol–water partition coefficient (Wildman–Crippen LogP) is 0.997. The number of hydrogen-bond acceptors (Lipinski definition) is 4. The molecular weight excluding hydrogens is 245 g/mol. The number of sulfone groups is 1. The van der Waals surface area contributed by atoms with Crippen LogP contribution in [-0.2, 0) is 9.84 Å². The van der Waals surface area contributed by atoms with Crippen molar-refractivity contribution in [2.75, 3.05) is 12.0 Å². The minimum Gasteiger partial charge on any atom is -0.397 e. The van der Waals surface area contributed by atoms with E-state index in [4.69, 9.17) is 5.73 Å². The molecule has 5 nitrogen and oxygen atoms in total. The van der Waals surface area contributed by atoms with Gasteiger partial charge in [0.25, 0.3) is 0 Å². The Morgan fingerprint density at radius 3 is 2.71 bits per heavy atom. The summed E-state index contributed by atoms with van der Waals surface area (Å²) in [5.74, 6) is -0.467. The van der Waals surface area contributed by atoms with Crippen molar-refractivity contribution in [3.63, 3.8) is 0 Å². The molecule has 0 saturated carbocycles. The molecule has 0 atom stereocenters. The van der Waals surface area contributed by atoms with Crippen molar-refractivity contribution in [1.82, 2.24) is 9.78 Å². The first kappa shape index (κ1) is 11.6. The molecule has 7 heteroatoms. The van der Waals surface area contributed by atoms with E-state index in [2.05, 4.69) is 5.10 Å². The molecule has 0 amide bonds. The van der Waals surface area contributed by atoms with Gasteiger partial charge in [0.15, 0.2) is 9.84 Å². The van der Waals surface area contributed by atoms with Crippen LogP contribution in [0.2, 0.25) is 0 Å². The summed E-state index contributed by atoms with van der Waals surface area (Å²) in [4.78, 5) is 0.0566. The summed E-state index contributed by atoms with van der Waals surface area (Å²) in [6, 6.07) is 3.81. The Morgan fingerprint density at radius 2 is 2.12 bits per heavy atom. The van der Waals surface area contributed by atoms with E-state index in [0.29, 0.717) is 11.4 Å². The molecule has 2 N–H and O–H groups in total. The number of aromatic nitrogens is 2. The number of benzene rings is 1. The summed E-state index contributed by atoms with van der Waals surface area (Å²) in [7, 11) is -3.33. The zero-order valence-electron chi connectivity index (χ0n) is 8.96. The van der Waals surface area contributed by atoms with Crippen LogP contribution in [0.25, 0.3) is 5.69 Å². The highest BCUT2D eigenvalue weighted by atomic mass is 32.2. The highest BCUT2D eigenvalue weighted by Crippen LogP contribution is 2.19. The van der Waals surface area contributed by atoms with Gasteiger partial charge in [-0.2, -0.15) is 5.10 Å². The number of halogens is 1. The molecule has 0 spiro atoms. The van der Waals surface area contributed by atoms with Gasteiger partial charge in [-0.05, 0) is 12.1 Å². The largest absolute Gasteiger partial charge is 0.397 e. The summed E-state index contributed by atoms with van der Waals surface area (Å²) in [5.41, 5.74) is 6.28. The molecule has 0 bridgehead atoms. The van der Waals surface area contributed by atoms with E-state index in [0.717, 1.165) is 6.26 Å². The zero-order chi connectivity index (χ0) is 12.6. The Labute approximate surface area is 97.6 Å². The highest BCUT2D eigenvalue weighted by molar-refractivity contribution is 7.90. The minimum atomic E-state index is -3.33. The van der Waals surface area contributed by atoms with Crippen molar-refractivity contribution in [2.24, 2.45) is 0 Å². The number of rotatable bonds is 2. The topological polar surface area (TPSA) is 78.0 Å². The van der Waals surface area contributed by atoms with Crippen LogP contribution in [-0.4, -0.2) is 24.5 Å². The Hall–Kier alpha value is -1.89. The lowest BCUT2D eigenvalue weighted by Crippen LogP contribution is -2.01. The molecule has 0 fully saturated rings. The lowest BCUT2D eigenvalue weighted by Gasteiger charge is -2.04. The van der Waals surface area contributed by atoms with Gasteiger partial charge in [0.1, 0.15) is 10.7 Å². The molecule has 2 rings (SSSR count). The van der Waals surface area contributed by atoms with Crippen LogP contribution in [0.4, 0.5) is 10.1 Å². The smallest absolute Gasteiger partial charge is 0.178 e. The first-order chi connectivity index (χ1) is 7.88. The van der Waals surface area contributed by atoms with Gasteiger partial charge in [-0.3, -0.25) is 0 Å². The molecule has 0 aliphatic rings. The monoisotopic (exact) mass is 255 g/mol. The van der Waals surface area contributed by atoms with Crippen LogP contribution in [0, 0.1) is 5.82 Å². The summed E-state index contributed by atoms with van der Waals surface area (Å²) >= 11 is 0. The van der Waals surface area contributed by atoms with Gasteiger partial charge < -0.3 is 5.73 Å². The van der Waals surface area contributed by atoms with Gasteiger partial charge in [-0.25, -0.2) is 17.5 Å². The number of anilines is 1. The Morgan fingerprint density at radius 1 is 1.41 bits per heavy atom. The normalized spacial score (nSPS) is 11.6. The summed E-state index contributed by atoms with van der Waals surface area (Å²) in [6.45, 7) is 0. The molecule has 1 aromatic carbocycles. The molecule has 17 heavy (non-hydrogen) atoms. The maximum Gasteiger partial charge on any atom is 0.178 e. The maximum atomic E-state index is 13.1. The average Bonchev–Trinajstić information content (AvgIpc) is 2.70. The molecule has 0 unspecified atom stereocenters. The molecule has 1 heterocycles. The van der Waals surface area contributed by atoms with E-state index in [1.165, 1.54) is 35.3 Å². The van der Waals surface area contributed by atoms with E-state index >= 15 is 0 Å². The van der Waals surface area contributed by atoms with Crippen LogP contribution in [0.1, 0.15) is 0 Å². The summed E-state index contributed by atoms with van der Waals surface area (Å²) in [6.07, 6.45) is 3.56. The molecule has 1 aromatic heterocycles. The second-order valence-corrected chi connectivity index (χ2v) is 5.61. The van der Waals surface area contributed by atoms with Gasteiger partial charge in [-0.1, -0.05) is 0 Å². The van der Waals surface area contributed by atoms with Gasteiger partial charge >= 0.3 is 0 Å². The number of nitrogens with two attached hydrogens (primary N) is 1. The van der Waals surface area contributed by atoms with Crippen LogP contribution < -0.4 is 5.73 Å². The van der Waals surface area contributed by atoms with Crippen molar-refractivity contribution in [3.05, 3.63) is 36.4 Å². The summed E-state index contributed by atoms with van der Waals surface area (Å²) < 4.78 is 36.8. The van der Waals surface area contributed by atoms with Crippen molar-refractivity contribution in [2.45, 2.75) is 4.90 Å². The molecule has 90 valence electrons. The number of nitrogens with zero attached hydrogens (tertiary/aromatic N) is 2. The fraction of sp³-hybridized carbons (Fsp3) is 0.100. The third-order valence-electron chi connectivity index (χ3n) is 2.23. The third kappa shape index (κ3) is 2.28. The van der Waals surface area contributed by atoms with E-state index < -0.39 is 15.7 Å². The van der Waals surface area contributed by atoms with Crippen molar-refractivity contribution in [3.8, 4) is 5.69 Å². The molecule has 0 aliphatic carbocycles. The molecule has 0 saturated heterocycles. The number of nitrogen functional groups attached to an aromatic ring is 1. The van der Waals surface area contributed by atoms with Crippen LogP contribution in [0.5, 0.6) is 0 Å². The average molecular weight is 255 g/mol. The second kappa shape index (κ2) is 3.85. The standard InChI is InChI=1S/C10H10FN3O2S/c1-17(15,16)8-5-13-14(6-8)10-4-7(11)2-3-9(10)12/h2-6H,12H2,1H3. The lowest BCUT2D eigenvalue weighted by atomic mass is 10.2. The fourth-order valence-corrected chi connectivity index (χ4v) is 1.87. The van der Waals surface area contributed by atoms with Gasteiger partial charge in [0.2, 0.25) is 0 Å². The quantitative estimate of drug-likeness (QED) is 0.812. The lowest BCUT2D eigenvalue weighted by molar-refractivity contribution is 0.602. The minimum absolute atomic E-state index is 0.0566. The molecule has 0 radical (unpaired) electrons. The first-order valence-electron chi connectivity index (χ1n) is 4.68. The summed E-state index contributed by atoms with van der Waals surface area (Å²) in [5, 5.41) is 3.85. The predicted molar refractivity (Wildman–Crippen MR) is 61.0 cm³/mol. The zero-order valence-corrected chi connectivity index (χ0v) is 9.78. The van der Waals surface area contributed by atoms with Crippen LogP contribution in [0.3, 0.4) is 0 Å². The maximum absolute atomic E-state index is 13.1. The van der Waals surface area contributed by atoms with E-state index in [9.17, 15) is 12.8 Å². The van der Waals surface area contributed by atoms with Crippen LogP contribution >= 0.6 is 0 Å². The number of hydrogen-bond donors (Lipinski definition) is 1. The van der Waals surface area contributed by atoms with E-state index in [-0.39, 0.29) is 4.90 Å². The van der Waals surface area contributed by atoms with Crippen molar-refractivity contribution in [1.29, 1.82) is 0 Å². The fourth-order valence-electron chi connectivity index (χ4n) is 1.34. The first-order valence-corrected chi connectivity index (χ1v) is 6.57. The Balaban J connectivity index is 2.55. The molecular formula is C10H10FN3O2S. The SMILES string of the molecule is CS(=O)(=O)c1cnn(-c2cc(F)ccc2N)c1. The molecule has 0 aliphatic heterocycles. The molecule has 2 aromatic rings.